The zero-order valence-corrected chi connectivity index (χ0v) is 7.49. The minimum absolute atomic E-state index is 0.485. The molecule has 60 valence electrons. The molecule has 2 rings (SSSR count). The van der Waals surface area contributed by atoms with E-state index in [2.05, 4.69) is 4.98 Å². The fraction of sp³-hybridized carbons (Fsp3) is 0.571. The summed E-state index contributed by atoms with van der Waals surface area (Å²) in [7, 11) is 0. The molecule has 1 unspecified atom stereocenters. The highest BCUT2D eigenvalue weighted by molar-refractivity contribution is 7.13. The third kappa shape index (κ3) is 1.55. The average molecular weight is 190 g/mol. The van der Waals surface area contributed by atoms with Crippen LogP contribution in [0, 0.1) is 0 Å². The highest BCUT2D eigenvalue weighted by Crippen LogP contribution is 2.27. The first kappa shape index (κ1) is 7.53. The molecule has 0 aromatic carbocycles. The summed E-state index contributed by atoms with van der Waals surface area (Å²) in [6, 6.07) is 0. The van der Waals surface area contributed by atoms with Crippen LogP contribution >= 0.6 is 22.9 Å². The van der Waals surface area contributed by atoms with Crippen LogP contribution in [0.2, 0.25) is 4.47 Å². The molecule has 0 amide bonds. The van der Waals surface area contributed by atoms with Gasteiger partial charge in [-0.15, -0.1) is 11.3 Å². The zero-order chi connectivity index (χ0) is 7.68. The molecule has 1 atom stereocenters. The Morgan fingerprint density at radius 2 is 2.64 bits per heavy atom. The third-order valence-corrected chi connectivity index (χ3v) is 2.84. The smallest absolute Gasteiger partial charge is 0.183 e. The van der Waals surface area contributed by atoms with E-state index in [9.17, 15) is 0 Å². The van der Waals surface area contributed by atoms with E-state index in [1.54, 1.807) is 0 Å². The summed E-state index contributed by atoms with van der Waals surface area (Å²) in [6.07, 6.45) is 1.08. The number of thiazole rings is 1. The Morgan fingerprint density at radius 3 is 3.18 bits per heavy atom. The highest BCUT2D eigenvalue weighted by atomic mass is 35.5. The van der Waals surface area contributed by atoms with Crippen molar-refractivity contribution in [1.29, 1.82) is 0 Å². The molecule has 1 aromatic rings. The fourth-order valence-corrected chi connectivity index (χ4v) is 2.07. The van der Waals surface area contributed by atoms with Gasteiger partial charge in [0.15, 0.2) is 4.47 Å². The number of hydrogen-bond donors (Lipinski definition) is 0. The molecule has 1 aliphatic rings. The lowest BCUT2D eigenvalue weighted by Gasteiger charge is -2.00. The standard InChI is InChI=1S/C7H8ClNOS/c8-7-9-6(4-11-7)5-1-2-10-3-5/h4-5H,1-3H2. The molecule has 0 N–H and O–H groups in total. The van der Waals surface area contributed by atoms with Crippen molar-refractivity contribution < 1.29 is 4.74 Å². The summed E-state index contributed by atoms with van der Waals surface area (Å²) < 4.78 is 5.87. The first-order valence-electron chi connectivity index (χ1n) is 3.55. The van der Waals surface area contributed by atoms with Crippen molar-refractivity contribution in [3.05, 3.63) is 15.5 Å². The largest absolute Gasteiger partial charge is 0.381 e. The van der Waals surface area contributed by atoms with Gasteiger partial charge in [-0.2, -0.15) is 0 Å². The Balaban J connectivity index is 2.15. The first-order valence-corrected chi connectivity index (χ1v) is 4.80. The summed E-state index contributed by atoms with van der Waals surface area (Å²) >= 11 is 7.20. The molecule has 0 bridgehead atoms. The van der Waals surface area contributed by atoms with Crippen LogP contribution in [0.1, 0.15) is 18.0 Å². The Hall–Kier alpha value is -0.120. The summed E-state index contributed by atoms with van der Waals surface area (Å²) in [5, 5.41) is 2.02. The number of hydrogen-bond acceptors (Lipinski definition) is 3. The summed E-state index contributed by atoms with van der Waals surface area (Å²) in [6.45, 7) is 1.67. The van der Waals surface area contributed by atoms with Gasteiger partial charge in [0.05, 0.1) is 12.3 Å². The molecule has 2 nitrogen and oxygen atoms in total. The summed E-state index contributed by atoms with van der Waals surface area (Å²) in [5.74, 6) is 0.485. The van der Waals surface area contributed by atoms with Crippen LogP contribution in [-0.4, -0.2) is 18.2 Å². The number of rotatable bonds is 1. The lowest BCUT2D eigenvalue weighted by molar-refractivity contribution is 0.193. The topological polar surface area (TPSA) is 22.1 Å². The van der Waals surface area contributed by atoms with E-state index in [0.717, 1.165) is 25.3 Å². The predicted octanol–water partition coefficient (Wildman–Crippen LogP) is 2.30. The van der Waals surface area contributed by atoms with E-state index < -0.39 is 0 Å². The molecule has 1 aromatic heterocycles. The first-order chi connectivity index (χ1) is 5.36. The fourth-order valence-electron chi connectivity index (χ4n) is 1.22. The maximum absolute atomic E-state index is 5.71. The lowest BCUT2D eigenvalue weighted by Crippen LogP contribution is -1.96. The van der Waals surface area contributed by atoms with E-state index >= 15 is 0 Å². The van der Waals surface area contributed by atoms with Gasteiger partial charge in [0.1, 0.15) is 0 Å². The van der Waals surface area contributed by atoms with Gasteiger partial charge in [-0.25, -0.2) is 4.98 Å². The second-order valence-electron chi connectivity index (χ2n) is 2.59. The third-order valence-electron chi connectivity index (χ3n) is 1.84. The van der Waals surface area contributed by atoms with Crippen LogP contribution in [0.5, 0.6) is 0 Å². The molecule has 0 saturated carbocycles. The molecule has 2 heterocycles. The van der Waals surface area contributed by atoms with E-state index in [4.69, 9.17) is 16.3 Å². The van der Waals surface area contributed by atoms with Crippen molar-refractivity contribution >= 4 is 22.9 Å². The number of ether oxygens (including phenoxy) is 1. The van der Waals surface area contributed by atoms with Gasteiger partial charge in [0, 0.05) is 17.9 Å². The van der Waals surface area contributed by atoms with Crippen LogP contribution in [0.4, 0.5) is 0 Å². The predicted molar refractivity (Wildman–Crippen MR) is 45.3 cm³/mol. The van der Waals surface area contributed by atoms with Gasteiger partial charge in [-0.3, -0.25) is 0 Å². The average Bonchev–Trinajstić information content (AvgIpc) is 2.55. The zero-order valence-electron chi connectivity index (χ0n) is 5.92. The molecule has 0 spiro atoms. The normalized spacial score (nSPS) is 24.3. The van der Waals surface area contributed by atoms with Gasteiger partial charge in [0.2, 0.25) is 0 Å². The van der Waals surface area contributed by atoms with Crippen molar-refractivity contribution in [2.45, 2.75) is 12.3 Å². The molecule has 1 aliphatic heterocycles. The van der Waals surface area contributed by atoms with Crippen molar-refractivity contribution in [1.82, 2.24) is 4.98 Å². The van der Waals surface area contributed by atoms with Gasteiger partial charge in [-0.1, -0.05) is 11.6 Å². The minimum Gasteiger partial charge on any atom is -0.381 e. The van der Waals surface area contributed by atoms with E-state index in [-0.39, 0.29) is 0 Å². The monoisotopic (exact) mass is 189 g/mol. The van der Waals surface area contributed by atoms with E-state index in [1.165, 1.54) is 11.3 Å². The maximum Gasteiger partial charge on any atom is 0.183 e. The molecular weight excluding hydrogens is 182 g/mol. The van der Waals surface area contributed by atoms with E-state index in [0.29, 0.717) is 10.4 Å². The lowest BCUT2D eigenvalue weighted by atomic mass is 10.1. The minimum atomic E-state index is 0.485. The molecule has 4 heteroatoms. The number of aromatic nitrogens is 1. The number of nitrogens with zero attached hydrogens (tertiary/aromatic N) is 1. The molecule has 0 aliphatic carbocycles. The highest BCUT2D eigenvalue weighted by Gasteiger charge is 2.19. The van der Waals surface area contributed by atoms with Gasteiger partial charge in [0.25, 0.3) is 0 Å². The van der Waals surface area contributed by atoms with Crippen LogP contribution in [-0.2, 0) is 4.74 Å². The summed E-state index contributed by atoms with van der Waals surface area (Å²) in [4.78, 5) is 4.20. The van der Waals surface area contributed by atoms with Crippen LogP contribution in [0.25, 0.3) is 0 Å². The van der Waals surface area contributed by atoms with E-state index in [1.807, 2.05) is 5.38 Å². The molecule has 11 heavy (non-hydrogen) atoms. The molecular formula is C7H8ClNOS. The second kappa shape index (κ2) is 3.09. The van der Waals surface area contributed by atoms with Gasteiger partial charge < -0.3 is 4.74 Å². The second-order valence-corrected chi connectivity index (χ2v) is 4.03. The molecule has 1 saturated heterocycles. The Morgan fingerprint density at radius 1 is 1.73 bits per heavy atom. The Kier molecular flexibility index (Phi) is 2.11. The Bertz CT molecular complexity index is 244. The molecule has 0 radical (unpaired) electrons. The summed E-state index contributed by atoms with van der Waals surface area (Å²) in [5.41, 5.74) is 1.09. The SMILES string of the molecule is Clc1nc(C2CCOC2)cs1. The van der Waals surface area contributed by atoms with Crippen molar-refractivity contribution in [3.8, 4) is 0 Å². The van der Waals surface area contributed by atoms with Gasteiger partial charge in [-0.05, 0) is 6.42 Å². The molecule has 1 fully saturated rings. The Labute approximate surface area is 74.2 Å². The number of halogens is 1. The van der Waals surface area contributed by atoms with Crippen LogP contribution in [0.15, 0.2) is 5.38 Å². The maximum atomic E-state index is 5.71. The van der Waals surface area contributed by atoms with Gasteiger partial charge >= 0.3 is 0 Å². The van der Waals surface area contributed by atoms with Crippen LogP contribution in [0.3, 0.4) is 0 Å². The van der Waals surface area contributed by atoms with Crippen molar-refractivity contribution in [3.63, 3.8) is 0 Å². The van der Waals surface area contributed by atoms with Crippen LogP contribution < -0.4 is 0 Å². The quantitative estimate of drug-likeness (QED) is 0.677. The van der Waals surface area contributed by atoms with Crippen molar-refractivity contribution in [2.24, 2.45) is 0 Å². The van der Waals surface area contributed by atoms with Crippen molar-refractivity contribution in [2.75, 3.05) is 13.2 Å².